The van der Waals surface area contributed by atoms with Crippen LogP contribution < -0.4 is 109 Å². The fourth-order valence-corrected chi connectivity index (χ4v) is 6.49. The van der Waals surface area contributed by atoms with Crippen molar-refractivity contribution in [2.75, 3.05) is 105 Å². The molecule has 1 aromatic heterocycles. The van der Waals surface area contributed by atoms with E-state index < -0.39 is 0 Å². The van der Waals surface area contributed by atoms with Gasteiger partial charge in [0.2, 0.25) is 0 Å². The Hall–Kier alpha value is -0.0300. The second-order valence-corrected chi connectivity index (χ2v) is 12.1. The van der Waals surface area contributed by atoms with E-state index in [4.69, 9.17) is 4.98 Å². The molecule has 252 valence electrons. The van der Waals surface area contributed by atoms with Gasteiger partial charge in [-0.15, -0.1) is 0 Å². The van der Waals surface area contributed by atoms with Gasteiger partial charge in [-0.25, -0.2) is 4.98 Å². The van der Waals surface area contributed by atoms with Crippen LogP contribution in [0.2, 0.25) is 0 Å². The Labute approximate surface area is 307 Å². The van der Waals surface area contributed by atoms with Gasteiger partial charge in [0.15, 0.2) is 0 Å². The van der Waals surface area contributed by atoms with Crippen LogP contribution in [0, 0.1) is 0 Å². The number of pyridine rings is 1. The maximum absolute atomic E-state index is 5.16. The molecule has 8 bridgehead atoms. The Kier molecular flexibility index (Phi) is 23.1. The van der Waals surface area contributed by atoms with Gasteiger partial charge < -0.3 is 109 Å². The smallest absolute Gasteiger partial charge is 0.120 e. The highest BCUT2D eigenvalue weighted by molar-refractivity contribution is 5.22. The summed E-state index contributed by atoms with van der Waals surface area (Å²) in [6, 6.07) is 16.1. The van der Waals surface area contributed by atoms with Crippen LogP contribution in [-0.2, 0) is 26.2 Å². The van der Waals surface area contributed by atoms with E-state index in [1.807, 2.05) is 0 Å². The molecular weight excluding hydrogens is 818 g/mol. The molecule has 0 radical (unpaired) electrons. The number of hydrogen-bond donors (Lipinski definition) is 8. The van der Waals surface area contributed by atoms with Gasteiger partial charge in [0, 0.05) is 63.5 Å². The van der Waals surface area contributed by atoms with Crippen LogP contribution in [0.5, 0.6) is 0 Å². The van der Waals surface area contributed by atoms with Crippen molar-refractivity contribution in [3.05, 3.63) is 65.0 Å². The van der Waals surface area contributed by atoms with Crippen molar-refractivity contribution < 1.29 is 87.5 Å². The maximum Gasteiger partial charge on any atom is 0.120 e. The van der Waals surface area contributed by atoms with E-state index in [1.54, 1.807) is 19.6 Å². The third kappa shape index (κ3) is 15.2. The molecule has 6 aliphatic heterocycles. The number of aromatic nitrogens is 1. The highest BCUT2D eigenvalue weighted by atomic mass is 79.9. The van der Waals surface area contributed by atoms with E-state index in [9.17, 15) is 0 Å². The van der Waals surface area contributed by atoms with Crippen molar-refractivity contribution in [2.24, 2.45) is 0 Å². The van der Waals surface area contributed by atoms with E-state index in [0.717, 1.165) is 105 Å². The predicted octanol–water partition coefficient (Wildman–Crippen LogP) is -17.3. The van der Waals surface area contributed by atoms with E-state index >= 15 is 0 Å². The number of halogens is 4. The summed E-state index contributed by atoms with van der Waals surface area (Å²) < 4.78 is 0. The zero-order chi connectivity index (χ0) is 27.2. The molecule has 1 aromatic carbocycles. The van der Waals surface area contributed by atoms with Crippen LogP contribution in [0.4, 0.5) is 0 Å². The van der Waals surface area contributed by atoms with Crippen LogP contribution in [-0.4, -0.2) is 110 Å². The largest absolute Gasteiger partial charge is 1.00 e. The number of nitrogens with zero attached hydrogens (tertiary/aromatic N) is 1. The molecule has 9 nitrogen and oxygen atoms in total. The van der Waals surface area contributed by atoms with Crippen LogP contribution in [0.3, 0.4) is 0 Å². The zero-order valence-electron chi connectivity index (χ0n) is 26.1. The van der Waals surface area contributed by atoms with E-state index in [1.165, 1.54) is 48.7 Å². The van der Waals surface area contributed by atoms with E-state index in [0.29, 0.717) is 0 Å². The number of hydrogen-bond acceptors (Lipinski definition) is 5. The normalized spacial score (nSPS) is 26.0. The van der Waals surface area contributed by atoms with Gasteiger partial charge in [-0.3, -0.25) is 0 Å². The summed E-state index contributed by atoms with van der Waals surface area (Å²) in [5, 5.41) is 15.1. The lowest BCUT2D eigenvalue weighted by atomic mass is 10.1. The third-order valence-corrected chi connectivity index (χ3v) is 8.87. The molecule has 0 amide bonds. The number of benzene rings is 1. The first-order valence-corrected chi connectivity index (χ1v) is 16.0. The van der Waals surface area contributed by atoms with Gasteiger partial charge in [0.05, 0.1) is 63.7 Å². The predicted molar refractivity (Wildman–Crippen MR) is 160 cm³/mol. The fourth-order valence-electron chi connectivity index (χ4n) is 6.49. The SMILES string of the molecule is [Br-].[Br-].[Br-].[Br-].c1cc2cc(c1)C[NH+]1CCNCC[NH+](CCNCC1)Cc1cccc(n1)C[NH+]1CCNCC[NH+](CCNCC1)C2. The second kappa shape index (κ2) is 24.2. The van der Waals surface area contributed by atoms with Gasteiger partial charge in [0.1, 0.15) is 26.2 Å². The molecule has 2 saturated heterocycles. The average Bonchev–Trinajstić information content (AvgIpc) is 2.94. The summed E-state index contributed by atoms with van der Waals surface area (Å²) >= 11 is 0. The Balaban J connectivity index is 0.00000242. The highest BCUT2D eigenvalue weighted by Crippen LogP contribution is 2.03. The Morgan fingerprint density at radius 3 is 1.05 bits per heavy atom. The van der Waals surface area contributed by atoms with Crippen LogP contribution in [0.25, 0.3) is 0 Å². The summed E-state index contributed by atoms with van der Waals surface area (Å²) in [4.78, 5) is 11.7. The van der Waals surface area contributed by atoms with Crippen LogP contribution in [0.15, 0.2) is 42.5 Å². The molecule has 6 aliphatic rings. The minimum Gasteiger partial charge on any atom is -1.00 e. The first-order chi connectivity index (χ1) is 19.8. The number of quaternary nitrogens is 4. The summed E-state index contributed by atoms with van der Waals surface area (Å²) in [7, 11) is 0. The summed E-state index contributed by atoms with van der Waals surface area (Å²) in [5.74, 6) is 0. The van der Waals surface area contributed by atoms with Crippen LogP contribution in [0.1, 0.15) is 22.5 Å². The topological polar surface area (TPSA) is 78.8 Å². The van der Waals surface area contributed by atoms with E-state index in [2.05, 4.69) is 63.7 Å². The van der Waals surface area contributed by atoms with Crippen molar-refractivity contribution in [2.45, 2.75) is 26.2 Å². The monoisotopic (exact) mass is 869 g/mol. The quantitative estimate of drug-likeness (QED) is 0.135. The number of rotatable bonds is 0. The van der Waals surface area contributed by atoms with Gasteiger partial charge >= 0.3 is 0 Å². The Morgan fingerprint density at radius 1 is 0.409 bits per heavy atom. The highest BCUT2D eigenvalue weighted by Gasteiger charge is 2.18. The third-order valence-electron chi connectivity index (χ3n) is 8.87. The molecule has 8 N–H and O–H groups in total. The maximum atomic E-state index is 5.16. The molecule has 0 aliphatic carbocycles. The Bertz CT molecular complexity index is 848. The summed E-state index contributed by atoms with van der Waals surface area (Å²) in [5.41, 5.74) is 5.43. The van der Waals surface area contributed by atoms with Crippen molar-refractivity contribution in [3.63, 3.8) is 0 Å². The molecule has 7 heterocycles. The average molecular weight is 873 g/mol. The molecule has 0 atom stereocenters. The molecule has 0 unspecified atom stereocenters. The van der Waals surface area contributed by atoms with Crippen molar-refractivity contribution >= 4 is 0 Å². The molecular formula is C31H55Br4N9. The van der Waals surface area contributed by atoms with Gasteiger partial charge in [0.25, 0.3) is 0 Å². The van der Waals surface area contributed by atoms with Crippen molar-refractivity contribution in [1.29, 1.82) is 0 Å². The lowest BCUT2D eigenvalue weighted by molar-refractivity contribution is -0.916. The minimum absolute atomic E-state index is 0. The lowest BCUT2D eigenvalue weighted by Crippen LogP contribution is -3.13. The van der Waals surface area contributed by atoms with Crippen molar-refractivity contribution in [1.82, 2.24) is 26.3 Å². The standard InChI is InChI=1S/C31H51N9.4BrH/c1-3-28-23-29(4-1)25-38-17-9-34-13-21-40(22-14-35-10-18-38)27-31-6-2-5-30(36-31)26-39-19-11-32-7-15-37(24-28)16-8-33-12-20-39;;;;/h1-6,23,32-35H,7-22,24-27H2;4*1H. The van der Waals surface area contributed by atoms with Gasteiger partial charge in [-0.05, 0) is 18.2 Å². The van der Waals surface area contributed by atoms with E-state index in [-0.39, 0.29) is 67.9 Å². The molecule has 0 saturated carbocycles. The summed E-state index contributed by atoms with van der Waals surface area (Å²) in [6.45, 7) is 22.0. The molecule has 2 aromatic rings. The lowest BCUT2D eigenvalue weighted by Gasteiger charge is -2.25. The van der Waals surface area contributed by atoms with Gasteiger partial charge in [-0.2, -0.15) is 0 Å². The molecule has 13 heteroatoms. The second-order valence-electron chi connectivity index (χ2n) is 12.1. The zero-order valence-corrected chi connectivity index (χ0v) is 32.5. The van der Waals surface area contributed by atoms with Crippen molar-refractivity contribution in [3.8, 4) is 0 Å². The molecule has 44 heavy (non-hydrogen) atoms. The first-order valence-electron chi connectivity index (χ1n) is 16.0. The fraction of sp³-hybridized carbons (Fsp3) is 0.645. The summed E-state index contributed by atoms with van der Waals surface area (Å²) in [6.07, 6.45) is 0. The first kappa shape index (κ1) is 42.0. The molecule has 2 fully saturated rings. The molecule has 8 rings (SSSR count). The number of nitrogens with one attached hydrogen (secondary N) is 8. The molecule has 0 spiro atoms. The van der Waals surface area contributed by atoms with Crippen LogP contribution >= 0.6 is 0 Å². The Morgan fingerprint density at radius 2 is 0.705 bits per heavy atom. The minimum atomic E-state index is 0. The van der Waals surface area contributed by atoms with Gasteiger partial charge in [-0.1, -0.05) is 24.3 Å².